The monoisotopic (exact) mass is 520 g/mol. The molecule has 1 N–H and O–H groups in total. The van der Waals surface area contributed by atoms with Crippen LogP contribution in [0.3, 0.4) is 0 Å². The van der Waals surface area contributed by atoms with Crippen LogP contribution in [0.2, 0.25) is 5.02 Å². The van der Waals surface area contributed by atoms with Gasteiger partial charge in [-0.1, -0.05) is 36.5 Å². The molecule has 0 aromatic heterocycles. The predicted molar refractivity (Wildman–Crippen MR) is 128 cm³/mol. The van der Waals surface area contributed by atoms with Crippen LogP contribution >= 0.6 is 11.6 Å². The summed E-state index contributed by atoms with van der Waals surface area (Å²) >= 11 is 6.13. The fourth-order valence-corrected chi connectivity index (χ4v) is 4.58. The Bertz CT molecular complexity index is 895. The number of nitrogens with zero attached hydrogens (tertiary/aromatic N) is 3. The lowest BCUT2D eigenvalue weighted by Gasteiger charge is -2.17. The Morgan fingerprint density at radius 3 is 2.41 bits per heavy atom. The molecule has 1 aromatic rings. The number of unbranched alkanes of at least 4 members (excludes halogenated alkanes) is 1. The minimum Gasteiger partial charge on any atom is -0.379 e. The summed E-state index contributed by atoms with van der Waals surface area (Å²) in [7, 11) is -2.42. The highest BCUT2D eigenvalue weighted by atomic mass is 35.5. The van der Waals surface area contributed by atoms with Gasteiger partial charge in [-0.2, -0.15) is 0 Å². The average molecular weight is 521 g/mol. The summed E-state index contributed by atoms with van der Waals surface area (Å²) in [4.78, 5) is 15.1. The van der Waals surface area contributed by atoms with Crippen molar-refractivity contribution in [1.29, 1.82) is 0 Å². The highest BCUT2D eigenvalue weighted by Crippen LogP contribution is 2.25. The molecule has 0 fully saturated rings. The third-order valence-corrected chi connectivity index (χ3v) is 6.95. The zero-order valence-electron chi connectivity index (χ0n) is 19.6. The maximum Gasteiger partial charge on any atom is 0.252 e. The van der Waals surface area contributed by atoms with Crippen molar-refractivity contribution in [3.8, 4) is 0 Å². The zero-order valence-corrected chi connectivity index (χ0v) is 21.1. The number of azide groups is 1. The normalized spacial score (nSPS) is 12.2. The quantitative estimate of drug-likeness (QED) is 0.127. The Labute approximate surface area is 205 Å². The van der Waals surface area contributed by atoms with Crippen molar-refractivity contribution in [1.82, 2.24) is 5.32 Å². The Hall–Kier alpha value is -1.92. The summed E-state index contributed by atoms with van der Waals surface area (Å²) in [6.07, 6.45) is 1.91. The molecule has 1 rings (SSSR count). The summed E-state index contributed by atoms with van der Waals surface area (Å²) in [6, 6.07) is 4.04. The molecule has 0 bridgehead atoms. The van der Waals surface area contributed by atoms with Crippen LogP contribution in [-0.4, -0.2) is 79.6 Å². The molecule has 1 atom stereocenters. The fraction of sp³-hybridized carbons (Fsp3) is 0.667. The van der Waals surface area contributed by atoms with Gasteiger partial charge in [-0.05, 0) is 30.2 Å². The van der Waals surface area contributed by atoms with Gasteiger partial charge in [0.25, 0.3) is 5.91 Å². The first-order valence-electron chi connectivity index (χ1n) is 11.0. The van der Waals surface area contributed by atoms with E-state index >= 15 is 0 Å². The van der Waals surface area contributed by atoms with Gasteiger partial charge in [0.2, 0.25) is 9.84 Å². The van der Waals surface area contributed by atoms with Crippen LogP contribution < -0.4 is 5.32 Å². The van der Waals surface area contributed by atoms with Crippen molar-refractivity contribution in [3.05, 3.63) is 39.2 Å². The lowest BCUT2D eigenvalue weighted by molar-refractivity contribution is 0.0166. The van der Waals surface area contributed by atoms with E-state index in [1.807, 2.05) is 6.92 Å². The molecule has 1 amide bonds. The third kappa shape index (κ3) is 11.0. The number of rotatable bonds is 19. The first-order valence-corrected chi connectivity index (χ1v) is 12.9. The van der Waals surface area contributed by atoms with E-state index in [9.17, 15) is 13.2 Å². The molecule has 192 valence electrons. The summed E-state index contributed by atoms with van der Waals surface area (Å²) in [5, 5.41) is 6.15. The summed E-state index contributed by atoms with van der Waals surface area (Å²) in [5.74, 6) is -0.498. The van der Waals surface area contributed by atoms with Gasteiger partial charge in [0.1, 0.15) is 0 Å². The second-order valence-electron chi connectivity index (χ2n) is 7.04. The molecular weight excluding hydrogens is 488 g/mol. The number of methoxy groups -OCH3 is 1. The lowest BCUT2D eigenvalue weighted by Crippen LogP contribution is -2.28. The molecule has 0 saturated carbocycles. The highest BCUT2D eigenvalue weighted by molar-refractivity contribution is 7.91. The molecule has 1 aromatic carbocycles. The van der Waals surface area contributed by atoms with Crippen LogP contribution in [0.1, 0.15) is 36.5 Å². The maximum atomic E-state index is 12.9. The molecule has 0 aliphatic heterocycles. The summed E-state index contributed by atoms with van der Waals surface area (Å²) < 4.78 is 46.9. The number of carbonyl (C=O) groups is 1. The highest BCUT2D eigenvalue weighted by Gasteiger charge is 2.28. The van der Waals surface area contributed by atoms with E-state index in [1.165, 1.54) is 25.3 Å². The molecule has 0 unspecified atom stereocenters. The van der Waals surface area contributed by atoms with Crippen molar-refractivity contribution in [2.45, 2.75) is 36.5 Å². The van der Waals surface area contributed by atoms with E-state index in [2.05, 4.69) is 15.3 Å². The number of benzene rings is 1. The standard InChI is InChI=1S/C21H33ClN4O7S/c1-3-4-5-20(30-2)34(28,29)17-6-7-19(22)18(16-17)21(27)24-8-10-31-12-14-33-15-13-32-11-9-25-26-23/h6-7,16,20H,3-5,8-15H2,1-2H3,(H,24,27)/t20-/m0/s1. The van der Waals surface area contributed by atoms with Crippen molar-refractivity contribution < 1.29 is 32.2 Å². The number of hydrogen-bond acceptors (Lipinski definition) is 8. The second-order valence-corrected chi connectivity index (χ2v) is 9.54. The molecule has 0 aliphatic carbocycles. The Kier molecular flexibility index (Phi) is 15.5. The van der Waals surface area contributed by atoms with Gasteiger partial charge in [0.05, 0.1) is 55.1 Å². The molecular formula is C21H33ClN4O7S. The Balaban J connectivity index is 2.41. The SMILES string of the molecule is CCCC[C@@H](OC)S(=O)(=O)c1ccc(Cl)c(C(=O)NCCOCCOCCOCCN=[N+]=[N-])c1. The van der Waals surface area contributed by atoms with Gasteiger partial charge in [-0.25, -0.2) is 8.42 Å². The molecule has 13 heteroatoms. The number of ether oxygens (including phenoxy) is 4. The zero-order chi connectivity index (χ0) is 25.2. The van der Waals surface area contributed by atoms with Crippen LogP contribution in [0.15, 0.2) is 28.2 Å². The molecule has 0 saturated heterocycles. The van der Waals surface area contributed by atoms with Crippen LogP contribution in [0.5, 0.6) is 0 Å². The smallest absolute Gasteiger partial charge is 0.252 e. The van der Waals surface area contributed by atoms with Crippen LogP contribution in [0.25, 0.3) is 10.4 Å². The van der Waals surface area contributed by atoms with Gasteiger partial charge >= 0.3 is 0 Å². The van der Waals surface area contributed by atoms with Gasteiger partial charge in [0, 0.05) is 25.1 Å². The van der Waals surface area contributed by atoms with Crippen molar-refractivity contribution in [2.24, 2.45) is 5.11 Å². The van der Waals surface area contributed by atoms with Crippen molar-refractivity contribution in [2.75, 3.05) is 59.8 Å². The average Bonchev–Trinajstić information content (AvgIpc) is 2.82. The van der Waals surface area contributed by atoms with Crippen molar-refractivity contribution >= 4 is 27.3 Å². The molecule has 0 radical (unpaired) electrons. The number of halogens is 1. The number of hydrogen-bond donors (Lipinski definition) is 1. The van der Waals surface area contributed by atoms with E-state index in [0.29, 0.717) is 45.9 Å². The maximum absolute atomic E-state index is 12.9. The van der Waals surface area contributed by atoms with Gasteiger partial charge in [0.15, 0.2) is 5.44 Å². The van der Waals surface area contributed by atoms with E-state index < -0.39 is 21.2 Å². The minimum atomic E-state index is -3.77. The largest absolute Gasteiger partial charge is 0.379 e. The predicted octanol–water partition coefficient (Wildman–Crippen LogP) is 3.37. The van der Waals surface area contributed by atoms with E-state index in [1.54, 1.807) is 0 Å². The van der Waals surface area contributed by atoms with Gasteiger partial charge in [-0.3, -0.25) is 4.79 Å². The number of sulfone groups is 1. The minimum absolute atomic E-state index is 0.0137. The second kappa shape index (κ2) is 17.5. The van der Waals surface area contributed by atoms with Crippen molar-refractivity contribution in [3.63, 3.8) is 0 Å². The number of amides is 1. The van der Waals surface area contributed by atoms with Crippen LogP contribution in [0.4, 0.5) is 0 Å². The third-order valence-electron chi connectivity index (χ3n) is 4.59. The molecule has 0 heterocycles. The molecule has 0 spiro atoms. The number of nitrogens with one attached hydrogen (secondary N) is 1. The van der Waals surface area contributed by atoms with Crippen LogP contribution in [0, 0.1) is 0 Å². The first kappa shape index (κ1) is 30.1. The fourth-order valence-electron chi connectivity index (χ4n) is 2.80. The van der Waals surface area contributed by atoms with E-state index in [-0.39, 0.29) is 35.2 Å². The Morgan fingerprint density at radius 1 is 1.15 bits per heavy atom. The van der Waals surface area contributed by atoms with Gasteiger partial charge in [-0.15, -0.1) is 0 Å². The molecule has 34 heavy (non-hydrogen) atoms. The summed E-state index contributed by atoms with van der Waals surface area (Å²) in [6.45, 7) is 4.51. The lowest BCUT2D eigenvalue weighted by atomic mass is 10.2. The molecule has 0 aliphatic rings. The topological polar surface area (TPSA) is 149 Å². The van der Waals surface area contributed by atoms with E-state index in [4.69, 9.17) is 36.1 Å². The summed E-state index contributed by atoms with van der Waals surface area (Å²) in [5.41, 5.74) is 7.21. The van der Waals surface area contributed by atoms with Crippen LogP contribution in [-0.2, 0) is 28.8 Å². The number of carbonyl (C=O) groups excluding carboxylic acids is 1. The first-order chi connectivity index (χ1) is 16.4. The molecule has 11 nitrogen and oxygen atoms in total. The Morgan fingerprint density at radius 2 is 1.79 bits per heavy atom. The van der Waals surface area contributed by atoms with Gasteiger partial charge < -0.3 is 24.3 Å². The van der Waals surface area contributed by atoms with E-state index in [0.717, 1.165) is 6.42 Å².